The van der Waals surface area contributed by atoms with E-state index in [2.05, 4.69) is 63.6 Å². The zero-order valence-corrected chi connectivity index (χ0v) is 12.6. The second-order valence-corrected chi connectivity index (χ2v) is 7.80. The van der Waals surface area contributed by atoms with E-state index in [1.807, 2.05) is 0 Å². The van der Waals surface area contributed by atoms with Crippen LogP contribution in [0.5, 0.6) is 0 Å². The standard InChI is InChI=1S/C15H21NOS/c1-10-15(11-8-7-9-18-11)12(13(2,3)4)16(15)14(5,6)17-10/h7-9,12H,1H2,2-6H3. The smallest absolute Gasteiger partial charge is 0.158 e. The van der Waals surface area contributed by atoms with Gasteiger partial charge in [-0.2, -0.15) is 0 Å². The van der Waals surface area contributed by atoms with Gasteiger partial charge in [-0.3, -0.25) is 0 Å². The number of rotatable bonds is 1. The molecule has 3 heterocycles. The molecule has 0 amide bonds. The highest BCUT2D eigenvalue weighted by Gasteiger charge is 2.79. The summed E-state index contributed by atoms with van der Waals surface area (Å²) in [5.74, 6) is 0.912. The van der Waals surface area contributed by atoms with Crippen molar-refractivity contribution in [3.05, 3.63) is 34.7 Å². The molecule has 3 rings (SSSR count). The molecule has 2 aliphatic heterocycles. The molecular formula is C15H21NOS. The molecule has 3 atom stereocenters. The van der Waals surface area contributed by atoms with Gasteiger partial charge in [0.2, 0.25) is 0 Å². The Kier molecular flexibility index (Phi) is 2.18. The van der Waals surface area contributed by atoms with Crippen LogP contribution in [0.15, 0.2) is 29.9 Å². The number of fused-ring (bicyclic) bond motifs is 1. The molecule has 2 nitrogen and oxygen atoms in total. The molecule has 18 heavy (non-hydrogen) atoms. The fraction of sp³-hybridized carbons (Fsp3) is 0.600. The molecule has 1 aromatic rings. The molecule has 0 spiro atoms. The zero-order valence-electron chi connectivity index (χ0n) is 11.8. The van der Waals surface area contributed by atoms with Gasteiger partial charge < -0.3 is 4.74 Å². The summed E-state index contributed by atoms with van der Waals surface area (Å²) in [6.07, 6.45) is 0. The largest absolute Gasteiger partial charge is 0.476 e. The van der Waals surface area contributed by atoms with Crippen molar-refractivity contribution in [3.63, 3.8) is 0 Å². The lowest BCUT2D eigenvalue weighted by Crippen LogP contribution is -2.35. The van der Waals surface area contributed by atoms with Crippen molar-refractivity contribution >= 4 is 11.3 Å². The Labute approximate surface area is 113 Å². The highest BCUT2D eigenvalue weighted by atomic mass is 32.1. The number of hydrogen-bond donors (Lipinski definition) is 0. The molecule has 0 radical (unpaired) electrons. The summed E-state index contributed by atoms with van der Waals surface area (Å²) in [6.45, 7) is 15.4. The van der Waals surface area contributed by atoms with Crippen LogP contribution < -0.4 is 0 Å². The number of thiophene rings is 1. The van der Waals surface area contributed by atoms with E-state index in [1.54, 1.807) is 11.3 Å². The van der Waals surface area contributed by atoms with Gasteiger partial charge in [0.05, 0.1) is 6.04 Å². The molecule has 0 N–H and O–H groups in total. The third-order valence-electron chi connectivity index (χ3n) is 4.06. The van der Waals surface area contributed by atoms with Gasteiger partial charge in [-0.25, -0.2) is 4.90 Å². The van der Waals surface area contributed by atoms with Crippen LogP contribution in [-0.2, 0) is 10.3 Å². The summed E-state index contributed by atoms with van der Waals surface area (Å²) >= 11 is 1.80. The first-order valence-corrected chi connectivity index (χ1v) is 7.32. The molecular weight excluding hydrogens is 242 g/mol. The summed E-state index contributed by atoms with van der Waals surface area (Å²) in [7, 11) is 0. The Hall–Kier alpha value is -0.800. The summed E-state index contributed by atoms with van der Waals surface area (Å²) in [5, 5.41) is 2.14. The van der Waals surface area contributed by atoms with Crippen molar-refractivity contribution in [1.29, 1.82) is 0 Å². The fourth-order valence-electron chi connectivity index (χ4n) is 3.64. The summed E-state index contributed by atoms with van der Waals surface area (Å²) in [4.78, 5) is 3.84. The fourth-order valence-corrected chi connectivity index (χ4v) is 4.61. The van der Waals surface area contributed by atoms with Crippen LogP contribution in [0, 0.1) is 5.41 Å². The highest BCUT2D eigenvalue weighted by Crippen LogP contribution is 2.69. The number of ether oxygens (including phenoxy) is 1. The van der Waals surface area contributed by atoms with Crippen LogP contribution >= 0.6 is 11.3 Å². The van der Waals surface area contributed by atoms with E-state index in [0.29, 0.717) is 6.04 Å². The summed E-state index contributed by atoms with van der Waals surface area (Å²) < 4.78 is 6.00. The second-order valence-electron chi connectivity index (χ2n) is 6.85. The molecule has 0 bridgehead atoms. The lowest BCUT2D eigenvalue weighted by atomic mass is 9.83. The average molecular weight is 263 g/mol. The monoisotopic (exact) mass is 263 g/mol. The third-order valence-corrected chi connectivity index (χ3v) is 5.06. The minimum atomic E-state index is -0.251. The Morgan fingerprint density at radius 2 is 2.06 bits per heavy atom. The van der Waals surface area contributed by atoms with Crippen molar-refractivity contribution in [2.24, 2.45) is 5.41 Å². The van der Waals surface area contributed by atoms with Crippen LogP contribution in [0.2, 0.25) is 0 Å². The maximum Gasteiger partial charge on any atom is 0.158 e. The van der Waals surface area contributed by atoms with Crippen LogP contribution in [0.25, 0.3) is 0 Å². The first-order chi connectivity index (χ1) is 8.22. The lowest BCUT2D eigenvalue weighted by Gasteiger charge is -2.30. The Morgan fingerprint density at radius 1 is 1.39 bits per heavy atom. The van der Waals surface area contributed by atoms with E-state index in [0.717, 1.165) is 5.76 Å². The van der Waals surface area contributed by atoms with Crippen molar-refractivity contribution in [3.8, 4) is 0 Å². The van der Waals surface area contributed by atoms with Crippen molar-refractivity contribution in [2.45, 2.75) is 51.9 Å². The molecule has 3 unspecified atom stereocenters. The van der Waals surface area contributed by atoms with Gasteiger partial charge in [0.25, 0.3) is 0 Å². The van der Waals surface area contributed by atoms with Crippen molar-refractivity contribution in [1.82, 2.24) is 4.90 Å². The summed E-state index contributed by atoms with van der Waals surface area (Å²) in [5.41, 5.74) is -0.122. The van der Waals surface area contributed by atoms with Crippen LogP contribution in [-0.4, -0.2) is 16.7 Å². The lowest BCUT2D eigenvalue weighted by molar-refractivity contribution is -0.0234. The van der Waals surface area contributed by atoms with Gasteiger partial charge in [-0.1, -0.05) is 33.4 Å². The van der Waals surface area contributed by atoms with E-state index in [-0.39, 0.29) is 16.7 Å². The first kappa shape index (κ1) is 12.2. The van der Waals surface area contributed by atoms with Crippen LogP contribution in [0.4, 0.5) is 0 Å². The van der Waals surface area contributed by atoms with E-state index < -0.39 is 0 Å². The SMILES string of the molecule is C=C1OC(C)(C)N2C(C(C)(C)C)C12c1cccs1. The Bertz CT molecular complexity index is 491. The van der Waals surface area contributed by atoms with Gasteiger partial charge in [-0.15, -0.1) is 11.3 Å². The van der Waals surface area contributed by atoms with Crippen molar-refractivity contribution in [2.75, 3.05) is 0 Å². The van der Waals surface area contributed by atoms with Crippen molar-refractivity contribution < 1.29 is 4.74 Å². The third kappa shape index (κ3) is 1.27. The molecule has 3 heteroatoms. The van der Waals surface area contributed by atoms with Crippen LogP contribution in [0.1, 0.15) is 39.5 Å². The number of hydrogen-bond acceptors (Lipinski definition) is 3. The average Bonchev–Trinajstić information content (AvgIpc) is 2.58. The molecule has 2 aliphatic rings. The minimum Gasteiger partial charge on any atom is -0.476 e. The predicted molar refractivity (Wildman–Crippen MR) is 75.4 cm³/mol. The van der Waals surface area contributed by atoms with Gasteiger partial charge in [0.15, 0.2) is 5.72 Å². The summed E-state index contributed by atoms with van der Waals surface area (Å²) in [6, 6.07) is 4.79. The zero-order chi connectivity index (χ0) is 13.3. The van der Waals surface area contributed by atoms with Gasteiger partial charge in [-0.05, 0) is 30.7 Å². The molecule has 0 aromatic carbocycles. The van der Waals surface area contributed by atoms with E-state index >= 15 is 0 Å². The first-order valence-electron chi connectivity index (χ1n) is 6.44. The minimum absolute atomic E-state index is 0.0874. The van der Waals surface area contributed by atoms with Crippen LogP contribution in [0.3, 0.4) is 0 Å². The Morgan fingerprint density at radius 3 is 2.50 bits per heavy atom. The number of nitrogens with zero attached hydrogens (tertiary/aromatic N) is 1. The molecule has 2 fully saturated rings. The second kappa shape index (κ2) is 3.20. The van der Waals surface area contributed by atoms with E-state index in [4.69, 9.17) is 4.74 Å². The topological polar surface area (TPSA) is 12.2 Å². The van der Waals surface area contributed by atoms with E-state index in [9.17, 15) is 0 Å². The molecule has 98 valence electrons. The molecule has 0 aliphatic carbocycles. The molecule has 2 saturated heterocycles. The molecule has 1 aromatic heterocycles. The predicted octanol–water partition coefficient (Wildman–Crippen LogP) is 3.95. The maximum absolute atomic E-state index is 6.00. The molecule has 0 saturated carbocycles. The van der Waals surface area contributed by atoms with Gasteiger partial charge >= 0.3 is 0 Å². The Balaban J connectivity index is 2.14. The normalized spacial score (nSPS) is 37.3. The maximum atomic E-state index is 6.00. The van der Waals surface area contributed by atoms with E-state index in [1.165, 1.54) is 4.88 Å². The van der Waals surface area contributed by atoms with Gasteiger partial charge in [0, 0.05) is 4.88 Å². The highest BCUT2D eigenvalue weighted by molar-refractivity contribution is 7.10. The quantitative estimate of drug-likeness (QED) is 0.711. The van der Waals surface area contributed by atoms with Gasteiger partial charge in [0.1, 0.15) is 11.3 Å².